The van der Waals surface area contributed by atoms with E-state index in [9.17, 15) is 9.18 Å². The van der Waals surface area contributed by atoms with E-state index >= 15 is 0 Å². The fourth-order valence-corrected chi connectivity index (χ4v) is 2.96. The predicted molar refractivity (Wildman–Crippen MR) is 74.2 cm³/mol. The number of carbonyl (C=O) groups is 1. The third-order valence-corrected chi connectivity index (χ3v) is 4.10. The van der Waals surface area contributed by atoms with Crippen molar-refractivity contribution >= 4 is 27.2 Å². The summed E-state index contributed by atoms with van der Waals surface area (Å²) in [6.07, 6.45) is 3.23. The Balaban J connectivity index is 2.09. The van der Waals surface area contributed by atoms with Crippen LogP contribution in [0.3, 0.4) is 0 Å². The molecule has 0 amide bonds. The standard InChI is InChI=1S/C15H10FNOS/c1-9-4-5-17-8-12(9)15(18)14-7-10-6-11(16)2-3-13(10)19-14/h2-8H,1H3. The second-order valence-electron chi connectivity index (χ2n) is 4.31. The lowest BCUT2D eigenvalue weighted by molar-refractivity contribution is 0.104. The molecule has 19 heavy (non-hydrogen) atoms. The number of aryl methyl sites for hydroxylation is 1. The van der Waals surface area contributed by atoms with Crippen LogP contribution in [0, 0.1) is 12.7 Å². The van der Waals surface area contributed by atoms with E-state index in [4.69, 9.17) is 0 Å². The molecule has 3 rings (SSSR count). The van der Waals surface area contributed by atoms with Crippen molar-refractivity contribution in [3.63, 3.8) is 0 Å². The maximum Gasteiger partial charge on any atom is 0.204 e. The number of thiophene rings is 1. The van der Waals surface area contributed by atoms with E-state index in [0.717, 1.165) is 15.6 Å². The average Bonchev–Trinajstić information content (AvgIpc) is 2.81. The highest BCUT2D eigenvalue weighted by atomic mass is 32.1. The SMILES string of the molecule is Cc1ccncc1C(=O)c1cc2cc(F)ccc2s1. The van der Waals surface area contributed by atoms with E-state index in [1.54, 1.807) is 30.6 Å². The van der Waals surface area contributed by atoms with Gasteiger partial charge in [-0.15, -0.1) is 11.3 Å². The maximum atomic E-state index is 13.1. The molecule has 2 aromatic heterocycles. The maximum absolute atomic E-state index is 13.1. The summed E-state index contributed by atoms with van der Waals surface area (Å²) in [7, 11) is 0. The molecule has 0 atom stereocenters. The summed E-state index contributed by atoms with van der Waals surface area (Å²) in [5, 5.41) is 0.759. The summed E-state index contributed by atoms with van der Waals surface area (Å²) >= 11 is 1.37. The zero-order chi connectivity index (χ0) is 13.4. The third-order valence-electron chi connectivity index (χ3n) is 2.99. The molecule has 94 valence electrons. The van der Waals surface area contributed by atoms with E-state index in [1.165, 1.54) is 23.5 Å². The Morgan fingerprint density at radius 2 is 2.11 bits per heavy atom. The van der Waals surface area contributed by atoms with Crippen molar-refractivity contribution < 1.29 is 9.18 Å². The average molecular weight is 271 g/mol. The second kappa shape index (κ2) is 4.55. The molecular weight excluding hydrogens is 261 g/mol. The molecule has 0 saturated heterocycles. The molecule has 0 unspecified atom stereocenters. The number of hydrogen-bond donors (Lipinski definition) is 0. The molecule has 0 saturated carbocycles. The van der Waals surface area contributed by atoms with Crippen molar-refractivity contribution in [3.8, 4) is 0 Å². The van der Waals surface area contributed by atoms with Crippen LogP contribution in [0.1, 0.15) is 20.8 Å². The molecule has 0 fully saturated rings. The summed E-state index contributed by atoms with van der Waals surface area (Å²) in [6, 6.07) is 8.08. The molecule has 0 N–H and O–H groups in total. The van der Waals surface area contributed by atoms with Crippen molar-refractivity contribution in [1.82, 2.24) is 4.98 Å². The summed E-state index contributed by atoms with van der Waals surface area (Å²) in [5.41, 5.74) is 1.48. The molecule has 0 spiro atoms. The fraction of sp³-hybridized carbons (Fsp3) is 0.0667. The minimum absolute atomic E-state index is 0.0628. The summed E-state index contributed by atoms with van der Waals surface area (Å²) in [6.45, 7) is 1.88. The lowest BCUT2D eigenvalue weighted by Crippen LogP contribution is -2.01. The Labute approximate surface area is 113 Å². The minimum Gasteiger partial charge on any atom is -0.288 e. The lowest BCUT2D eigenvalue weighted by Gasteiger charge is -2.00. The zero-order valence-electron chi connectivity index (χ0n) is 10.2. The van der Waals surface area contributed by atoms with Gasteiger partial charge < -0.3 is 0 Å². The van der Waals surface area contributed by atoms with Crippen molar-refractivity contribution in [2.24, 2.45) is 0 Å². The smallest absolute Gasteiger partial charge is 0.204 e. The van der Waals surface area contributed by atoms with Gasteiger partial charge in [0.2, 0.25) is 5.78 Å². The number of halogens is 1. The zero-order valence-corrected chi connectivity index (χ0v) is 11.0. The van der Waals surface area contributed by atoms with Gasteiger partial charge in [0.25, 0.3) is 0 Å². The van der Waals surface area contributed by atoms with Crippen LogP contribution in [-0.4, -0.2) is 10.8 Å². The van der Waals surface area contributed by atoms with Gasteiger partial charge in [-0.2, -0.15) is 0 Å². The monoisotopic (exact) mass is 271 g/mol. The highest BCUT2D eigenvalue weighted by Gasteiger charge is 2.15. The van der Waals surface area contributed by atoms with Crippen LogP contribution in [0.15, 0.2) is 42.7 Å². The van der Waals surface area contributed by atoms with E-state index < -0.39 is 0 Å². The quantitative estimate of drug-likeness (QED) is 0.660. The summed E-state index contributed by atoms with van der Waals surface area (Å²) < 4.78 is 14.1. The number of hydrogen-bond acceptors (Lipinski definition) is 3. The summed E-state index contributed by atoms with van der Waals surface area (Å²) in [4.78, 5) is 17.0. The molecule has 0 aliphatic carbocycles. The third kappa shape index (κ3) is 2.15. The van der Waals surface area contributed by atoms with Crippen LogP contribution in [0.25, 0.3) is 10.1 Å². The van der Waals surface area contributed by atoms with Gasteiger partial charge in [-0.25, -0.2) is 4.39 Å². The molecule has 3 aromatic rings. The van der Waals surface area contributed by atoms with Gasteiger partial charge in [0, 0.05) is 22.7 Å². The Kier molecular flexibility index (Phi) is 2.87. The minimum atomic E-state index is -0.290. The molecule has 0 aliphatic rings. The predicted octanol–water partition coefficient (Wildman–Crippen LogP) is 3.97. The van der Waals surface area contributed by atoms with Crippen molar-refractivity contribution in [1.29, 1.82) is 0 Å². The first kappa shape index (κ1) is 12.0. The summed E-state index contributed by atoms with van der Waals surface area (Å²) in [5.74, 6) is -0.353. The number of pyridine rings is 1. The number of nitrogens with zero attached hydrogens (tertiary/aromatic N) is 1. The Morgan fingerprint density at radius 1 is 1.26 bits per heavy atom. The number of fused-ring (bicyclic) bond motifs is 1. The fourth-order valence-electron chi connectivity index (χ4n) is 1.96. The van der Waals surface area contributed by atoms with Crippen molar-refractivity contribution in [2.45, 2.75) is 6.92 Å². The van der Waals surface area contributed by atoms with Gasteiger partial charge in [-0.3, -0.25) is 9.78 Å². The van der Waals surface area contributed by atoms with E-state index in [1.807, 2.05) is 6.92 Å². The first-order valence-electron chi connectivity index (χ1n) is 5.79. The van der Waals surface area contributed by atoms with Crippen LogP contribution in [0.5, 0.6) is 0 Å². The van der Waals surface area contributed by atoms with Gasteiger partial charge in [-0.1, -0.05) is 0 Å². The Morgan fingerprint density at radius 3 is 2.89 bits per heavy atom. The lowest BCUT2D eigenvalue weighted by atomic mass is 10.1. The number of aromatic nitrogens is 1. The van der Waals surface area contributed by atoms with Gasteiger partial charge >= 0.3 is 0 Å². The van der Waals surface area contributed by atoms with E-state index in [0.29, 0.717) is 10.4 Å². The second-order valence-corrected chi connectivity index (χ2v) is 5.40. The molecule has 2 heterocycles. The highest BCUT2D eigenvalue weighted by molar-refractivity contribution is 7.21. The van der Waals surface area contributed by atoms with E-state index in [2.05, 4.69) is 4.98 Å². The Hall–Kier alpha value is -2.07. The first-order valence-corrected chi connectivity index (χ1v) is 6.61. The van der Waals surface area contributed by atoms with Crippen LogP contribution >= 0.6 is 11.3 Å². The first-order chi connectivity index (χ1) is 9.15. The van der Waals surface area contributed by atoms with Gasteiger partial charge in [0.1, 0.15) is 5.82 Å². The number of rotatable bonds is 2. The molecule has 1 aromatic carbocycles. The van der Waals surface area contributed by atoms with Crippen molar-refractivity contribution in [2.75, 3.05) is 0 Å². The van der Waals surface area contributed by atoms with Gasteiger partial charge in [0.15, 0.2) is 0 Å². The molecule has 0 bridgehead atoms. The van der Waals surface area contributed by atoms with Crippen molar-refractivity contribution in [3.05, 3.63) is 64.5 Å². The van der Waals surface area contributed by atoms with Gasteiger partial charge in [0.05, 0.1) is 4.88 Å². The molecule has 0 radical (unpaired) electrons. The Bertz CT molecular complexity index is 779. The number of benzene rings is 1. The van der Waals surface area contributed by atoms with Gasteiger partial charge in [-0.05, 0) is 48.2 Å². The molecule has 2 nitrogen and oxygen atoms in total. The molecule has 0 aliphatic heterocycles. The van der Waals surface area contributed by atoms with Crippen LogP contribution in [-0.2, 0) is 0 Å². The largest absolute Gasteiger partial charge is 0.288 e. The van der Waals surface area contributed by atoms with Crippen LogP contribution in [0.4, 0.5) is 4.39 Å². The molecule has 4 heteroatoms. The van der Waals surface area contributed by atoms with Crippen LogP contribution in [0.2, 0.25) is 0 Å². The number of ketones is 1. The van der Waals surface area contributed by atoms with E-state index in [-0.39, 0.29) is 11.6 Å². The topological polar surface area (TPSA) is 30.0 Å². The highest BCUT2D eigenvalue weighted by Crippen LogP contribution is 2.28. The number of carbonyl (C=O) groups excluding carboxylic acids is 1. The molecular formula is C15H10FNOS. The van der Waals surface area contributed by atoms with Crippen LogP contribution < -0.4 is 0 Å². The normalized spacial score (nSPS) is 10.8.